The van der Waals surface area contributed by atoms with Crippen LogP contribution in [0.1, 0.15) is 22.8 Å². The Kier molecular flexibility index (Phi) is 3.01. The van der Waals surface area contributed by atoms with Crippen LogP contribution >= 0.6 is 0 Å². The number of benzene rings is 1. The number of aldehydes is 1. The second-order valence-electron chi connectivity index (χ2n) is 2.66. The van der Waals surface area contributed by atoms with Crippen molar-refractivity contribution in [3.05, 3.63) is 29.1 Å². The van der Waals surface area contributed by atoms with Gasteiger partial charge >= 0.3 is 0 Å². The van der Waals surface area contributed by atoms with Crippen LogP contribution in [0.3, 0.4) is 0 Å². The van der Waals surface area contributed by atoms with Crippen molar-refractivity contribution < 1.29 is 13.9 Å². The molecule has 0 aliphatic carbocycles. The number of aryl methyl sites for hydroxylation is 1. The van der Waals surface area contributed by atoms with E-state index in [2.05, 4.69) is 0 Å². The Labute approximate surface area is 76.3 Å². The molecule has 0 amide bonds. The van der Waals surface area contributed by atoms with Crippen molar-refractivity contribution in [2.45, 2.75) is 13.3 Å². The molecule has 1 rings (SSSR count). The van der Waals surface area contributed by atoms with Crippen molar-refractivity contribution in [3.8, 4) is 5.75 Å². The number of hydrogen-bond donors (Lipinski definition) is 0. The van der Waals surface area contributed by atoms with Gasteiger partial charge in [0.25, 0.3) is 0 Å². The summed E-state index contributed by atoms with van der Waals surface area (Å²) in [5.41, 5.74) is 0.805. The van der Waals surface area contributed by atoms with Gasteiger partial charge in [-0.15, -0.1) is 0 Å². The zero-order chi connectivity index (χ0) is 9.84. The van der Waals surface area contributed by atoms with E-state index in [-0.39, 0.29) is 5.56 Å². The summed E-state index contributed by atoms with van der Waals surface area (Å²) in [4.78, 5) is 10.5. The Bertz CT molecular complexity index is 321. The van der Waals surface area contributed by atoms with Crippen LogP contribution in [0.5, 0.6) is 5.75 Å². The van der Waals surface area contributed by atoms with Crippen molar-refractivity contribution >= 4 is 6.29 Å². The summed E-state index contributed by atoms with van der Waals surface area (Å²) in [6.07, 6.45) is 1.18. The van der Waals surface area contributed by atoms with E-state index in [1.165, 1.54) is 13.2 Å². The highest BCUT2D eigenvalue weighted by Gasteiger charge is 2.09. The second kappa shape index (κ2) is 4.03. The first kappa shape index (κ1) is 9.71. The molecule has 0 radical (unpaired) electrons. The molecule has 0 saturated heterocycles. The Hall–Kier alpha value is -1.38. The topological polar surface area (TPSA) is 26.3 Å². The van der Waals surface area contributed by atoms with Crippen molar-refractivity contribution in [2.75, 3.05) is 7.11 Å². The third-order valence-corrected chi connectivity index (χ3v) is 1.90. The zero-order valence-electron chi connectivity index (χ0n) is 7.63. The standard InChI is InChI=1S/C10H11FO2/c1-3-7-4-9(11)8(6-12)10(5-7)13-2/h4-6H,3H2,1-2H3. The first-order valence-electron chi connectivity index (χ1n) is 4.04. The molecule has 0 unspecified atom stereocenters. The quantitative estimate of drug-likeness (QED) is 0.670. The molecule has 0 bridgehead atoms. The van der Waals surface area contributed by atoms with Gasteiger partial charge in [0.05, 0.1) is 12.7 Å². The molecule has 0 heterocycles. The van der Waals surface area contributed by atoms with E-state index < -0.39 is 5.82 Å². The van der Waals surface area contributed by atoms with Gasteiger partial charge in [0.15, 0.2) is 6.29 Å². The van der Waals surface area contributed by atoms with Gasteiger partial charge in [0.2, 0.25) is 0 Å². The summed E-state index contributed by atoms with van der Waals surface area (Å²) in [5, 5.41) is 0. The fourth-order valence-electron chi connectivity index (χ4n) is 1.13. The van der Waals surface area contributed by atoms with Crippen LogP contribution < -0.4 is 4.74 Å². The largest absolute Gasteiger partial charge is 0.496 e. The van der Waals surface area contributed by atoms with E-state index in [4.69, 9.17) is 4.74 Å². The van der Waals surface area contributed by atoms with E-state index in [1.807, 2.05) is 6.92 Å². The van der Waals surface area contributed by atoms with E-state index in [9.17, 15) is 9.18 Å². The highest BCUT2D eigenvalue weighted by atomic mass is 19.1. The van der Waals surface area contributed by atoms with Crippen LogP contribution in [0.2, 0.25) is 0 Å². The van der Waals surface area contributed by atoms with Gasteiger partial charge in [-0.25, -0.2) is 4.39 Å². The fourth-order valence-corrected chi connectivity index (χ4v) is 1.13. The summed E-state index contributed by atoms with van der Waals surface area (Å²) in [6, 6.07) is 3.03. The van der Waals surface area contributed by atoms with E-state index in [1.54, 1.807) is 6.07 Å². The lowest BCUT2D eigenvalue weighted by atomic mass is 10.1. The fraction of sp³-hybridized carbons (Fsp3) is 0.300. The molecule has 0 atom stereocenters. The molecule has 0 N–H and O–H groups in total. The third-order valence-electron chi connectivity index (χ3n) is 1.90. The molecule has 0 saturated carbocycles. The van der Waals surface area contributed by atoms with Gasteiger partial charge in [-0.2, -0.15) is 0 Å². The van der Waals surface area contributed by atoms with Crippen LogP contribution in [-0.2, 0) is 6.42 Å². The average Bonchev–Trinajstić information content (AvgIpc) is 2.16. The van der Waals surface area contributed by atoms with Crippen LogP contribution in [-0.4, -0.2) is 13.4 Å². The molecule has 2 nitrogen and oxygen atoms in total. The highest BCUT2D eigenvalue weighted by Crippen LogP contribution is 2.22. The Morgan fingerprint density at radius 3 is 2.69 bits per heavy atom. The number of methoxy groups -OCH3 is 1. The Balaban J connectivity index is 3.28. The summed E-state index contributed by atoms with van der Waals surface area (Å²) >= 11 is 0. The van der Waals surface area contributed by atoms with Gasteiger partial charge in [0, 0.05) is 0 Å². The molecule has 0 spiro atoms. The van der Waals surface area contributed by atoms with Gasteiger partial charge in [0.1, 0.15) is 11.6 Å². The zero-order valence-corrected chi connectivity index (χ0v) is 7.63. The average molecular weight is 182 g/mol. The summed E-state index contributed by atoms with van der Waals surface area (Å²) in [6.45, 7) is 1.91. The lowest BCUT2D eigenvalue weighted by Crippen LogP contribution is -1.96. The smallest absolute Gasteiger partial charge is 0.156 e. The van der Waals surface area contributed by atoms with Crippen molar-refractivity contribution in [1.82, 2.24) is 0 Å². The number of hydrogen-bond acceptors (Lipinski definition) is 2. The maximum atomic E-state index is 13.2. The normalized spacial score (nSPS) is 9.77. The number of rotatable bonds is 3. The maximum Gasteiger partial charge on any atom is 0.156 e. The Morgan fingerprint density at radius 2 is 2.23 bits per heavy atom. The van der Waals surface area contributed by atoms with Gasteiger partial charge in [-0.1, -0.05) is 6.92 Å². The number of ether oxygens (including phenoxy) is 1. The van der Waals surface area contributed by atoms with Crippen molar-refractivity contribution in [2.24, 2.45) is 0 Å². The molecule has 3 heteroatoms. The molecule has 0 fully saturated rings. The maximum absolute atomic E-state index is 13.2. The highest BCUT2D eigenvalue weighted by molar-refractivity contribution is 5.79. The van der Waals surface area contributed by atoms with Crippen LogP contribution in [0.4, 0.5) is 4.39 Å². The van der Waals surface area contributed by atoms with E-state index in [0.29, 0.717) is 18.5 Å². The van der Waals surface area contributed by atoms with E-state index >= 15 is 0 Å². The molecule has 13 heavy (non-hydrogen) atoms. The molecular formula is C10H11FO2. The first-order valence-corrected chi connectivity index (χ1v) is 4.04. The molecule has 1 aromatic rings. The van der Waals surface area contributed by atoms with Crippen molar-refractivity contribution in [1.29, 1.82) is 0 Å². The SMILES string of the molecule is CCc1cc(F)c(C=O)c(OC)c1. The number of carbonyl (C=O) groups is 1. The minimum absolute atomic E-state index is 0.0142. The van der Waals surface area contributed by atoms with Crippen LogP contribution in [0.25, 0.3) is 0 Å². The molecule has 0 aliphatic rings. The number of halogens is 1. The van der Waals surface area contributed by atoms with Gasteiger partial charge in [-0.05, 0) is 24.1 Å². The summed E-state index contributed by atoms with van der Waals surface area (Å²) in [7, 11) is 1.42. The van der Waals surface area contributed by atoms with E-state index in [0.717, 1.165) is 5.56 Å². The lowest BCUT2D eigenvalue weighted by molar-refractivity contribution is 0.111. The first-order chi connectivity index (χ1) is 6.22. The number of carbonyl (C=O) groups excluding carboxylic acids is 1. The lowest BCUT2D eigenvalue weighted by Gasteiger charge is -2.06. The predicted molar refractivity (Wildman–Crippen MR) is 47.7 cm³/mol. The molecule has 1 aromatic carbocycles. The molecular weight excluding hydrogens is 171 g/mol. The minimum atomic E-state index is -0.522. The van der Waals surface area contributed by atoms with Crippen LogP contribution in [0, 0.1) is 5.82 Å². The third kappa shape index (κ3) is 1.86. The minimum Gasteiger partial charge on any atom is -0.496 e. The van der Waals surface area contributed by atoms with Gasteiger partial charge in [-0.3, -0.25) is 4.79 Å². The summed E-state index contributed by atoms with van der Waals surface area (Å²) < 4.78 is 18.1. The molecule has 0 aliphatic heterocycles. The molecule has 70 valence electrons. The summed E-state index contributed by atoms with van der Waals surface area (Å²) in [5.74, 6) is -0.224. The van der Waals surface area contributed by atoms with Crippen LogP contribution in [0.15, 0.2) is 12.1 Å². The second-order valence-corrected chi connectivity index (χ2v) is 2.66. The van der Waals surface area contributed by atoms with Gasteiger partial charge < -0.3 is 4.74 Å². The van der Waals surface area contributed by atoms with Crippen molar-refractivity contribution in [3.63, 3.8) is 0 Å². The molecule has 0 aromatic heterocycles. The Morgan fingerprint density at radius 1 is 1.54 bits per heavy atom. The monoisotopic (exact) mass is 182 g/mol. The predicted octanol–water partition coefficient (Wildman–Crippen LogP) is 2.21.